The van der Waals surface area contributed by atoms with Gasteiger partial charge in [-0.05, 0) is 29.0 Å². The van der Waals surface area contributed by atoms with E-state index < -0.39 is 11.9 Å². The van der Waals surface area contributed by atoms with Crippen molar-refractivity contribution in [2.24, 2.45) is 0 Å². The second kappa shape index (κ2) is 7.42. The molecule has 3 aromatic rings. The first-order valence-electron chi connectivity index (χ1n) is 6.69. The highest BCUT2D eigenvalue weighted by atomic mass is 35.5. The summed E-state index contributed by atoms with van der Waals surface area (Å²) in [6.45, 7) is 0. The van der Waals surface area contributed by atoms with Crippen molar-refractivity contribution in [2.45, 2.75) is 0 Å². The fourth-order valence-corrected chi connectivity index (χ4v) is 2.26. The van der Waals surface area contributed by atoms with Gasteiger partial charge in [0, 0.05) is 0 Å². The lowest BCUT2D eigenvalue weighted by molar-refractivity contribution is 0.0687. The van der Waals surface area contributed by atoms with Crippen molar-refractivity contribution < 1.29 is 19.8 Å². The molecule has 3 aromatic carbocycles. The third-order valence-corrected chi connectivity index (χ3v) is 3.45. The average molecular weight is 329 g/mol. The Morgan fingerprint density at radius 3 is 1.83 bits per heavy atom. The lowest BCUT2D eigenvalue weighted by Crippen LogP contribution is -1.96. The van der Waals surface area contributed by atoms with Gasteiger partial charge in [0.2, 0.25) is 0 Å². The van der Waals surface area contributed by atoms with Gasteiger partial charge in [-0.25, -0.2) is 9.59 Å². The fourth-order valence-electron chi connectivity index (χ4n) is 2.05. The summed E-state index contributed by atoms with van der Waals surface area (Å²) in [5.74, 6) is -1.87. The van der Waals surface area contributed by atoms with E-state index in [-0.39, 0.29) is 10.6 Å². The van der Waals surface area contributed by atoms with Crippen LogP contribution in [-0.2, 0) is 0 Å². The number of rotatable bonds is 2. The minimum atomic E-state index is -0.995. The first kappa shape index (κ1) is 16.5. The van der Waals surface area contributed by atoms with E-state index in [4.69, 9.17) is 21.8 Å². The van der Waals surface area contributed by atoms with Crippen LogP contribution in [0.4, 0.5) is 0 Å². The van der Waals surface area contributed by atoms with Gasteiger partial charge in [0.05, 0.1) is 16.1 Å². The summed E-state index contributed by atoms with van der Waals surface area (Å²) in [5.41, 5.74) is 0.502. The van der Waals surface area contributed by atoms with E-state index >= 15 is 0 Å². The van der Waals surface area contributed by atoms with Gasteiger partial charge in [-0.1, -0.05) is 60.1 Å². The molecule has 0 aliphatic heterocycles. The van der Waals surface area contributed by atoms with Crippen molar-refractivity contribution in [3.63, 3.8) is 0 Å². The number of hydrogen-bond acceptors (Lipinski definition) is 2. The Hall–Kier alpha value is -2.85. The van der Waals surface area contributed by atoms with Crippen molar-refractivity contribution in [2.75, 3.05) is 0 Å². The van der Waals surface area contributed by atoms with Crippen molar-refractivity contribution in [3.8, 4) is 0 Å². The lowest BCUT2D eigenvalue weighted by atomic mass is 10.1. The second-order valence-electron chi connectivity index (χ2n) is 4.62. The van der Waals surface area contributed by atoms with E-state index in [1.54, 1.807) is 30.3 Å². The standard InChI is InChI=1S/C11H8O2.C7H5ClO2/c12-11(13)10-7-3-5-8-4-1-2-6-9(8)10;8-6-4-2-1-3-5(6)7(9)10/h1-7H,(H,12,13);1-4H,(H,9,10). The van der Waals surface area contributed by atoms with Crippen molar-refractivity contribution in [1.82, 2.24) is 0 Å². The molecule has 0 atom stereocenters. The van der Waals surface area contributed by atoms with Crippen molar-refractivity contribution >= 4 is 34.3 Å². The zero-order valence-electron chi connectivity index (χ0n) is 11.9. The first-order valence-corrected chi connectivity index (χ1v) is 7.07. The molecule has 0 spiro atoms. The van der Waals surface area contributed by atoms with E-state index in [1.807, 2.05) is 30.3 Å². The van der Waals surface area contributed by atoms with Gasteiger partial charge in [0.15, 0.2) is 0 Å². The number of carbonyl (C=O) groups is 2. The maximum Gasteiger partial charge on any atom is 0.337 e. The summed E-state index contributed by atoms with van der Waals surface area (Å²) in [6, 6.07) is 19.1. The maximum atomic E-state index is 10.8. The molecule has 0 saturated heterocycles. The summed E-state index contributed by atoms with van der Waals surface area (Å²) >= 11 is 5.54. The van der Waals surface area contributed by atoms with Crippen LogP contribution in [-0.4, -0.2) is 22.2 Å². The molecule has 0 aromatic heterocycles. The van der Waals surface area contributed by atoms with Crippen LogP contribution in [0.5, 0.6) is 0 Å². The third kappa shape index (κ3) is 4.08. The van der Waals surface area contributed by atoms with Gasteiger partial charge in [0.1, 0.15) is 0 Å². The number of halogens is 1. The molecule has 116 valence electrons. The Morgan fingerprint density at radius 1 is 0.696 bits per heavy atom. The van der Waals surface area contributed by atoms with Crippen LogP contribution in [0.3, 0.4) is 0 Å². The van der Waals surface area contributed by atoms with Crippen LogP contribution in [0.1, 0.15) is 20.7 Å². The molecule has 0 amide bonds. The minimum Gasteiger partial charge on any atom is -0.478 e. The molecule has 0 bridgehead atoms. The van der Waals surface area contributed by atoms with Crippen molar-refractivity contribution in [1.29, 1.82) is 0 Å². The Bertz CT molecular complexity index is 853. The largest absolute Gasteiger partial charge is 0.478 e. The van der Waals surface area contributed by atoms with Gasteiger partial charge in [-0.3, -0.25) is 0 Å². The monoisotopic (exact) mass is 328 g/mol. The molecule has 23 heavy (non-hydrogen) atoms. The Labute approximate surface area is 137 Å². The molecule has 0 radical (unpaired) electrons. The Balaban J connectivity index is 0.000000174. The van der Waals surface area contributed by atoms with Crippen LogP contribution in [0.2, 0.25) is 5.02 Å². The van der Waals surface area contributed by atoms with Crippen LogP contribution < -0.4 is 0 Å². The molecule has 3 rings (SSSR count). The summed E-state index contributed by atoms with van der Waals surface area (Å²) in [7, 11) is 0. The van der Waals surface area contributed by atoms with Crippen LogP contribution in [0, 0.1) is 0 Å². The van der Waals surface area contributed by atoms with E-state index in [2.05, 4.69) is 0 Å². The molecule has 0 aliphatic carbocycles. The highest BCUT2D eigenvalue weighted by Gasteiger charge is 2.06. The van der Waals surface area contributed by atoms with Gasteiger partial charge in [-0.2, -0.15) is 0 Å². The number of hydrogen-bond donors (Lipinski definition) is 2. The van der Waals surface area contributed by atoms with Crippen molar-refractivity contribution in [3.05, 3.63) is 82.9 Å². The molecule has 0 fully saturated rings. The molecule has 2 N–H and O–H groups in total. The Morgan fingerprint density at radius 2 is 1.22 bits per heavy atom. The van der Waals surface area contributed by atoms with Crippen LogP contribution >= 0.6 is 11.6 Å². The quantitative estimate of drug-likeness (QED) is 0.722. The van der Waals surface area contributed by atoms with Crippen LogP contribution in [0.15, 0.2) is 66.7 Å². The maximum absolute atomic E-state index is 10.8. The summed E-state index contributed by atoms with van der Waals surface area (Å²) in [4.78, 5) is 21.2. The predicted octanol–water partition coefficient (Wildman–Crippen LogP) is 4.58. The number of carboxylic acid groups (broad SMARTS) is 2. The molecule has 0 heterocycles. The van der Waals surface area contributed by atoms with E-state index in [0.29, 0.717) is 5.56 Å². The number of carboxylic acids is 2. The zero-order valence-corrected chi connectivity index (χ0v) is 12.7. The van der Waals surface area contributed by atoms with Gasteiger partial charge in [-0.15, -0.1) is 0 Å². The average Bonchev–Trinajstić information content (AvgIpc) is 2.55. The second-order valence-corrected chi connectivity index (χ2v) is 5.02. The lowest BCUT2D eigenvalue weighted by Gasteiger charge is -2.00. The highest BCUT2D eigenvalue weighted by Crippen LogP contribution is 2.18. The van der Waals surface area contributed by atoms with E-state index in [1.165, 1.54) is 6.07 Å². The zero-order chi connectivity index (χ0) is 16.8. The number of benzene rings is 3. The molecule has 0 saturated carbocycles. The topological polar surface area (TPSA) is 74.6 Å². The normalized spacial score (nSPS) is 9.78. The SMILES string of the molecule is O=C(O)c1cccc2ccccc12.O=C(O)c1ccccc1Cl. The predicted molar refractivity (Wildman–Crippen MR) is 89.3 cm³/mol. The van der Waals surface area contributed by atoms with Gasteiger partial charge >= 0.3 is 11.9 Å². The van der Waals surface area contributed by atoms with Gasteiger partial charge in [0.25, 0.3) is 0 Å². The smallest absolute Gasteiger partial charge is 0.337 e. The van der Waals surface area contributed by atoms with E-state index in [9.17, 15) is 9.59 Å². The summed E-state index contributed by atoms with van der Waals surface area (Å²) in [6.07, 6.45) is 0. The summed E-state index contributed by atoms with van der Waals surface area (Å²) < 4.78 is 0. The molecular formula is C18H13ClO4. The third-order valence-electron chi connectivity index (χ3n) is 3.12. The number of aromatic carboxylic acids is 2. The fraction of sp³-hybridized carbons (Fsp3) is 0. The molecule has 0 aliphatic rings. The van der Waals surface area contributed by atoms with Crippen LogP contribution in [0.25, 0.3) is 10.8 Å². The first-order chi connectivity index (χ1) is 11.0. The highest BCUT2D eigenvalue weighted by molar-refractivity contribution is 6.33. The molecule has 4 nitrogen and oxygen atoms in total. The van der Waals surface area contributed by atoms with E-state index in [0.717, 1.165) is 10.8 Å². The molecule has 5 heteroatoms. The van der Waals surface area contributed by atoms with Gasteiger partial charge < -0.3 is 10.2 Å². The Kier molecular flexibility index (Phi) is 5.33. The molecular weight excluding hydrogens is 316 g/mol. The number of fused-ring (bicyclic) bond motifs is 1. The summed E-state index contributed by atoms with van der Waals surface area (Å²) in [5, 5.41) is 19.4. The molecule has 0 unspecified atom stereocenters. The minimum absolute atomic E-state index is 0.143.